The number of amides is 1. The van der Waals surface area contributed by atoms with Crippen LogP contribution in [0.25, 0.3) is 0 Å². The molecule has 2 aromatic rings. The van der Waals surface area contributed by atoms with Crippen LogP contribution in [0.5, 0.6) is 11.5 Å². The van der Waals surface area contributed by atoms with Crippen molar-refractivity contribution in [3.8, 4) is 11.5 Å². The number of nitrogens with one attached hydrogen (secondary N) is 1. The van der Waals surface area contributed by atoms with Gasteiger partial charge in [-0.2, -0.15) is 5.10 Å². The van der Waals surface area contributed by atoms with E-state index in [2.05, 4.69) is 31.4 Å². The predicted molar refractivity (Wildman–Crippen MR) is 112 cm³/mol. The highest BCUT2D eigenvalue weighted by Crippen LogP contribution is 2.28. The quantitative estimate of drug-likeness (QED) is 0.452. The Morgan fingerprint density at radius 3 is 2.79 bits per heavy atom. The second kappa shape index (κ2) is 11.0. The average Bonchev–Trinajstić information content (AvgIpc) is 3.17. The van der Waals surface area contributed by atoms with E-state index in [1.54, 1.807) is 12.1 Å². The molecule has 9 heteroatoms. The fraction of sp³-hybridized carbons (Fsp3) is 0.400. The fourth-order valence-electron chi connectivity index (χ4n) is 2.76. The molecule has 1 aliphatic rings. The lowest BCUT2D eigenvalue weighted by atomic mass is 10.2. The van der Waals surface area contributed by atoms with Crippen LogP contribution in [0, 0.1) is 0 Å². The van der Waals surface area contributed by atoms with Crippen LogP contribution in [0.1, 0.15) is 23.0 Å². The van der Waals surface area contributed by atoms with Gasteiger partial charge in [0.25, 0.3) is 0 Å². The van der Waals surface area contributed by atoms with E-state index in [-0.39, 0.29) is 5.76 Å². The van der Waals surface area contributed by atoms with Gasteiger partial charge in [0.2, 0.25) is 0 Å². The Balaban J connectivity index is 1.55. The number of hydrogen-bond acceptors (Lipinski definition) is 7. The lowest BCUT2D eigenvalue weighted by Gasteiger charge is -2.26. The van der Waals surface area contributed by atoms with Gasteiger partial charge in [-0.15, -0.1) is 0 Å². The molecule has 0 aliphatic carbocycles. The van der Waals surface area contributed by atoms with E-state index in [0.29, 0.717) is 29.4 Å². The Labute approximate surface area is 177 Å². The van der Waals surface area contributed by atoms with E-state index in [9.17, 15) is 4.79 Å². The molecule has 0 radical (unpaired) electrons. The molecular weight excluding hydrogens is 442 g/mol. The van der Waals surface area contributed by atoms with Crippen molar-refractivity contribution in [2.75, 3.05) is 46.1 Å². The number of ether oxygens (including phenoxy) is 3. The van der Waals surface area contributed by atoms with E-state index in [0.717, 1.165) is 38.4 Å². The van der Waals surface area contributed by atoms with Gasteiger partial charge in [0.05, 0.1) is 26.0 Å². The standard InChI is InChI=1S/C20H24BrN3O5/c1-2-27-18-13-15(14-22-23-20(25)17-5-6-19(21)29-17)3-4-16(18)28-12-9-24-7-10-26-11-8-24/h3-6,13-14H,2,7-12H2,1H3,(H,23,25). The van der Waals surface area contributed by atoms with Crippen LogP contribution < -0.4 is 14.9 Å². The second-order valence-corrected chi connectivity index (χ2v) is 7.03. The molecule has 29 heavy (non-hydrogen) atoms. The third kappa shape index (κ3) is 6.59. The molecule has 1 aliphatic heterocycles. The molecule has 8 nitrogen and oxygen atoms in total. The number of hydrogen-bond donors (Lipinski definition) is 1. The first-order valence-corrected chi connectivity index (χ1v) is 10.2. The molecule has 0 unspecified atom stereocenters. The molecule has 1 saturated heterocycles. The highest BCUT2D eigenvalue weighted by atomic mass is 79.9. The summed E-state index contributed by atoms with van der Waals surface area (Å²) in [6, 6.07) is 8.73. The topological polar surface area (TPSA) is 85.5 Å². The molecule has 3 rings (SSSR count). The minimum Gasteiger partial charge on any atom is -0.490 e. The zero-order valence-electron chi connectivity index (χ0n) is 16.2. The summed E-state index contributed by atoms with van der Waals surface area (Å²) in [5, 5.41) is 3.97. The number of furan rings is 1. The van der Waals surface area contributed by atoms with Crippen LogP contribution in [0.3, 0.4) is 0 Å². The maximum atomic E-state index is 11.9. The summed E-state index contributed by atoms with van der Waals surface area (Å²) in [5.41, 5.74) is 3.20. The minimum atomic E-state index is -0.431. The van der Waals surface area contributed by atoms with Gasteiger partial charge in [-0.3, -0.25) is 9.69 Å². The van der Waals surface area contributed by atoms with E-state index in [4.69, 9.17) is 18.6 Å². The first kappa shape index (κ1) is 21.4. The van der Waals surface area contributed by atoms with Crippen LogP contribution in [-0.4, -0.2) is 63.1 Å². The van der Waals surface area contributed by atoms with Gasteiger partial charge in [-0.25, -0.2) is 5.43 Å². The summed E-state index contributed by atoms with van der Waals surface area (Å²) in [6.07, 6.45) is 1.54. The molecule has 0 spiro atoms. The lowest BCUT2D eigenvalue weighted by Crippen LogP contribution is -2.38. The number of morpholine rings is 1. The highest BCUT2D eigenvalue weighted by Gasteiger charge is 2.12. The van der Waals surface area contributed by atoms with Gasteiger partial charge in [0.15, 0.2) is 21.9 Å². The van der Waals surface area contributed by atoms with E-state index in [1.165, 1.54) is 6.21 Å². The van der Waals surface area contributed by atoms with Gasteiger partial charge < -0.3 is 18.6 Å². The molecule has 1 amide bonds. The van der Waals surface area contributed by atoms with Crippen molar-refractivity contribution in [1.29, 1.82) is 0 Å². The second-order valence-electron chi connectivity index (χ2n) is 6.24. The fourth-order valence-corrected chi connectivity index (χ4v) is 3.07. The van der Waals surface area contributed by atoms with Gasteiger partial charge in [0, 0.05) is 19.6 Å². The van der Waals surface area contributed by atoms with Crippen molar-refractivity contribution in [3.63, 3.8) is 0 Å². The Hall–Kier alpha value is -2.36. The summed E-state index contributed by atoms with van der Waals surface area (Å²) in [4.78, 5) is 14.2. The normalized spacial score (nSPS) is 14.8. The molecule has 0 bridgehead atoms. The molecular formula is C20H24BrN3O5. The van der Waals surface area contributed by atoms with Crippen LogP contribution >= 0.6 is 15.9 Å². The summed E-state index contributed by atoms with van der Waals surface area (Å²) in [5.74, 6) is 1.06. The molecule has 2 heterocycles. The van der Waals surface area contributed by atoms with Gasteiger partial charge in [0.1, 0.15) is 6.61 Å². The summed E-state index contributed by atoms with van der Waals surface area (Å²) >= 11 is 3.16. The van der Waals surface area contributed by atoms with Crippen LogP contribution in [0.4, 0.5) is 0 Å². The summed E-state index contributed by atoms with van der Waals surface area (Å²) < 4.78 is 22.6. The van der Waals surface area contributed by atoms with Crippen molar-refractivity contribution < 1.29 is 23.4 Å². The van der Waals surface area contributed by atoms with E-state index < -0.39 is 5.91 Å². The number of benzene rings is 1. The monoisotopic (exact) mass is 465 g/mol. The van der Waals surface area contributed by atoms with Gasteiger partial charge >= 0.3 is 5.91 Å². The molecule has 0 saturated carbocycles. The SMILES string of the molecule is CCOc1cc(C=NNC(=O)c2ccc(Br)o2)ccc1OCCN1CCOCC1. The molecule has 1 aromatic heterocycles. The first-order valence-electron chi connectivity index (χ1n) is 9.44. The predicted octanol–water partition coefficient (Wildman–Crippen LogP) is 2.92. The van der Waals surface area contributed by atoms with E-state index in [1.807, 2.05) is 25.1 Å². The zero-order valence-corrected chi connectivity index (χ0v) is 17.8. The highest BCUT2D eigenvalue weighted by molar-refractivity contribution is 9.10. The largest absolute Gasteiger partial charge is 0.490 e. The third-order valence-electron chi connectivity index (χ3n) is 4.21. The number of carbonyl (C=O) groups excluding carboxylic acids is 1. The first-order chi connectivity index (χ1) is 14.2. The van der Waals surface area contributed by atoms with Gasteiger partial charge in [-0.05, 0) is 58.7 Å². The lowest BCUT2D eigenvalue weighted by molar-refractivity contribution is 0.0321. The number of halogens is 1. The molecule has 1 aromatic carbocycles. The molecule has 0 atom stereocenters. The summed E-state index contributed by atoms with van der Waals surface area (Å²) in [7, 11) is 0. The van der Waals surface area contributed by atoms with Crippen molar-refractivity contribution in [2.24, 2.45) is 5.10 Å². The van der Waals surface area contributed by atoms with Gasteiger partial charge in [-0.1, -0.05) is 0 Å². The number of rotatable bonds is 9. The van der Waals surface area contributed by atoms with Crippen LogP contribution in [0.2, 0.25) is 0 Å². The Bertz CT molecular complexity index is 833. The average molecular weight is 466 g/mol. The van der Waals surface area contributed by atoms with Crippen LogP contribution in [-0.2, 0) is 4.74 Å². The Morgan fingerprint density at radius 1 is 1.24 bits per heavy atom. The summed E-state index contributed by atoms with van der Waals surface area (Å²) in [6.45, 7) is 7.24. The number of nitrogens with zero attached hydrogens (tertiary/aromatic N) is 2. The number of hydrazone groups is 1. The van der Waals surface area contributed by atoms with Crippen molar-refractivity contribution in [3.05, 3.63) is 46.3 Å². The third-order valence-corrected chi connectivity index (χ3v) is 4.64. The Morgan fingerprint density at radius 2 is 2.07 bits per heavy atom. The number of carbonyl (C=O) groups is 1. The zero-order chi connectivity index (χ0) is 20.5. The minimum absolute atomic E-state index is 0.174. The van der Waals surface area contributed by atoms with Crippen molar-refractivity contribution in [2.45, 2.75) is 6.92 Å². The maximum Gasteiger partial charge on any atom is 0.307 e. The van der Waals surface area contributed by atoms with Crippen molar-refractivity contribution >= 4 is 28.1 Å². The Kier molecular flexibility index (Phi) is 8.09. The maximum absolute atomic E-state index is 11.9. The molecule has 1 fully saturated rings. The van der Waals surface area contributed by atoms with Crippen molar-refractivity contribution in [1.82, 2.24) is 10.3 Å². The molecule has 156 valence electrons. The smallest absolute Gasteiger partial charge is 0.307 e. The van der Waals surface area contributed by atoms with Crippen LogP contribution in [0.15, 0.2) is 44.5 Å². The van der Waals surface area contributed by atoms with E-state index >= 15 is 0 Å². The molecule has 1 N–H and O–H groups in total.